The number of aliphatic carboxylic acids is 1. The van der Waals surface area contributed by atoms with E-state index < -0.39 is 30.0 Å². The number of allylic oxidation sites excluding steroid dienone is 2. The third-order valence-electron chi connectivity index (χ3n) is 5.85. The molecule has 5 atom stereocenters. The number of unbranched alkanes of at least 4 members (excludes halogenated alkanes) is 3. The molecule has 1 fully saturated rings. The Balaban J connectivity index is 0.00000109. The molecule has 0 aromatic rings. The van der Waals surface area contributed by atoms with Gasteiger partial charge in [-0.25, -0.2) is 0 Å². The number of hydrogen-bond acceptors (Lipinski definition) is 8. The summed E-state index contributed by atoms with van der Waals surface area (Å²) < 4.78 is 4.51. The number of hydrogen-bond donors (Lipinski definition) is 7. The molecule has 0 aliphatic heterocycles. The molecule has 8 N–H and O–H groups in total. The maximum absolute atomic E-state index is 10.5. The summed E-state index contributed by atoms with van der Waals surface area (Å²) in [4.78, 5) is 10.5. The van der Waals surface area contributed by atoms with E-state index in [-0.39, 0.29) is 31.5 Å². The second kappa shape index (κ2) is 18.1. The van der Waals surface area contributed by atoms with E-state index in [9.17, 15) is 20.1 Å². The summed E-state index contributed by atoms with van der Waals surface area (Å²) in [6.45, 7) is 1.37. The largest absolute Gasteiger partial charge is 0.481 e. The van der Waals surface area contributed by atoms with Gasteiger partial charge in [-0.3, -0.25) is 10.5 Å². The summed E-state index contributed by atoms with van der Waals surface area (Å²) in [5.41, 5.74) is 3.91. The maximum atomic E-state index is 10.5. The summed E-state index contributed by atoms with van der Waals surface area (Å²) in [5, 5.41) is 55.7. The van der Waals surface area contributed by atoms with Crippen molar-refractivity contribution in [2.75, 3.05) is 20.3 Å². The lowest BCUT2D eigenvalue weighted by molar-refractivity contribution is -0.137. The smallest absolute Gasteiger partial charge is 0.303 e. The van der Waals surface area contributed by atoms with E-state index in [1.54, 1.807) is 6.08 Å². The molecule has 0 bridgehead atoms. The first-order valence-electron chi connectivity index (χ1n) is 11.8. The van der Waals surface area contributed by atoms with E-state index in [4.69, 9.17) is 21.1 Å². The highest BCUT2D eigenvalue weighted by atomic mass is 16.5. The highest BCUT2D eigenvalue weighted by Crippen LogP contribution is 2.36. The predicted octanol–water partition coefficient (Wildman–Crippen LogP) is 1.32. The fraction of sp³-hybridized carbons (Fsp3) is 0.792. The Labute approximate surface area is 197 Å². The number of aliphatic hydroxyl groups excluding tert-OH is 5. The fourth-order valence-corrected chi connectivity index (χ4v) is 3.58. The number of ether oxygens (including phenoxy) is 1. The van der Waals surface area contributed by atoms with Crippen LogP contribution in [0.5, 0.6) is 0 Å². The Morgan fingerprint density at radius 3 is 2.33 bits per heavy atom. The lowest BCUT2D eigenvalue weighted by Gasteiger charge is -2.21. The van der Waals surface area contributed by atoms with Gasteiger partial charge in [0.15, 0.2) is 5.72 Å². The van der Waals surface area contributed by atoms with Gasteiger partial charge in [0.05, 0.1) is 31.5 Å². The summed E-state index contributed by atoms with van der Waals surface area (Å²) >= 11 is 0. The van der Waals surface area contributed by atoms with Gasteiger partial charge in [0, 0.05) is 25.9 Å². The molecule has 194 valence electrons. The summed E-state index contributed by atoms with van der Waals surface area (Å²) in [6, 6.07) is 0. The van der Waals surface area contributed by atoms with E-state index in [1.165, 1.54) is 7.11 Å². The zero-order chi connectivity index (χ0) is 25.3. The van der Waals surface area contributed by atoms with Crippen LogP contribution < -0.4 is 5.73 Å². The third kappa shape index (κ3) is 13.8. The number of methoxy groups -OCH3 is 1. The topological polar surface area (TPSA) is 174 Å². The minimum atomic E-state index is -1.26. The first kappa shape index (κ1) is 31.7. The molecule has 1 rings (SSSR count). The monoisotopic (exact) mass is 475 g/mol. The van der Waals surface area contributed by atoms with Crippen LogP contribution in [0.1, 0.15) is 64.7 Å². The average Bonchev–Trinajstić information content (AvgIpc) is 3.06. The van der Waals surface area contributed by atoms with E-state index in [2.05, 4.69) is 11.7 Å². The van der Waals surface area contributed by atoms with Gasteiger partial charge in [-0.15, -0.1) is 0 Å². The SMILES string of the molecule is CCCCC[C@H](O)/C=C\[C@H]1[C@H](C/C=C\CCCC(=O)O)[C@@H](O)C[C@H]1O.COC(N)(CO)CO. The normalized spacial score (nSPS) is 24.2. The van der Waals surface area contributed by atoms with Crippen LogP contribution in [-0.2, 0) is 9.53 Å². The first-order valence-corrected chi connectivity index (χ1v) is 11.8. The number of rotatable bonds is 15. The van der Waals surface area contributed by atoms with Crippen LogP contribution in [0.25, 0.3) is 0 Å². The number of nitrogens with two attached hydrogens (primary N) is 1. The van der Waals surface area contributed by atoms with Crippen LogP contribution in [-0.4, -0.2) is 81.0 Å². The van der Waals surface area contributed by atoms with Crippen molar-refractivity contribution in [1.29, 1.82) is 0 Å². The molecular formula is C24H45NO8. The summed E-state index contributed by atoms with van der Waals surface area (Å²) in [5.74, 6) is -1.00. The van der Waals surface area contributed by atoms with Gasteiger partial charge in [0.2, 0.25) is 0 Å². The molecule has 9 nitrogen and oxygen atoms in total. The second-order valence-electron chi connectivity index (χ2n) is 8.64. The minimum absolute atomic E-state index is 0.0650. The van der Waals surface area contributed by atoms with E-state index in [0.29, 0.717) is 25.7 Å². The third-order valence-corrected chi connectivity index (χ3v) is 5.85. The number of carboxylic acids is 1. The predicted molar refractivity (Wildman–Crippen MR) is 126 cm³/mol. The molecule has 9 heteroatoms. The highest BCUT2D eigenvalue weighted by molar-refractivity contribution is 5.66. The summed E-state index contributed by atoms with van der Waals surface area (Å²) in [7, 11) is 1.33. The molecule has 0 unspecified atom stereocenters. The first-order chi connectivity index (χ1) is 15.6. The molecule has 0 heterocycles. The molecule has 0 radical (unpaired) electrons. The van der Waals surface area contributed by atoms with Crippen molar-refractivity contribution >= 4 is 5.97 Å². The molecule has 33 heavy (non-hydrogen) atoms. The average molecular weight is 476 g/mol. The van der Waals surface area contributed by atoms with Crippen molar-refractivity contribution in [3.63, 3.8) is 0 Å². The van der Waals surface area contributed by atoms with Crippen LogP contribution >= 0.6 is 0 Å². The standard InChI is InChI=1S/C20H34O5.C4H11NO3/c1-2-3-6-9-15(21)12-13-17-16(18(22)14-19(17)23)10-7-4-5-8-11-20(24)25;1-8-4(5,2-6)3-7/h4,7,12-13,15-19,21-23H,2-3,5-6,8-11,14H2,1H3,(H,24,25);6-7H,2-3,5H2,1H3/b7-4-,13-12-;/t15-,16-,17-,18-,19+;/m0./s1. The highest BCUT2D eigenvalue weighted by Gasteiger charge is 2.39. The van der Waals surface area contributed by atoms with Crippen LogP contribution in [0.4, 0.5) is 0 Å². The van der Waals surface area contributed by atoms with Crippen molar-refractivity contribution < 1.29 is 40.2 Å². The Morgan fingerprint density at radius 1 is 1.15 bits per heavy atom. The Morgan fingerprint density at radius 2 is 1.82 bits per heavy atom. The van der Waals surface area contributed by atoms with Crippen LogP contribution in [0.15, 0.2) is 24.3 Å². The van der Waals surface area contributed by atoms with Crippen molar-refractivity contribution in [1.82, 2.24) is 0 Å². The fourth-order valence-electron chi connectivity index (χ4n) is 3.58. The number of carbonyl (C=O) groups is 1. The van der Waals surface area contributed by atoms with Gasteiger partial charge in [-0.1, -0.05) is 50.5 Å². The molecule has 0 saturated heterocycles. The zero-order valence-corrected chi connectivity index (χ0v) is 20.1. The molecular weight excluding hydrogens is 430 g/mol. The quantitative estimate of drug-likeness (QED) is 0.105. The lowest BCUT2D eigenvalue weighted by Crippen LogP contribution is -2.48. The lowest BCUT2D eigenvalue weighted by atomic mass is 9.89. The van der Waals surface area contributed by atoms with Gasteiger partial charge >= 0.3 is 5.97 Å². The molecule has 0 amide bonds. The Kier molecular flexibility index (Phi) is 17.3. The van der Waals surface area contributed by atoms with Crippen LogP contribution in [0.3, 0.4) is 0 Å². The van der Waals surface area contributed by atoms with Crippen molar-refractivity contribution in [3.8, 4) is 0 Å². The van der Waals surface area contributed by atoms with E-state index >= 15 is 0 Å². The molecule has 1 saturated carbocycles. The minimum Gasteiger partial charge on any atom is -0.481 e. The number of aliphatic hydroxyl groups is 5. The molecule has 1 aliphatic rings. The molecule has 1 aliphatic carbocycles. The molecule has 0 spiro atoms. The molecule has 0 aromatic heterocycles. The van der Waals surface area contributed by atoms with E-state index in [1.807, 2.05) is 18.2 Å². The molecule has 0 aromatic carbocycles. The van der Waals surface area contributed by atoms with Crippen molar-refractivity contribution in [2.24, 2.45) is 17.6 Å². The zero-order valence-electron chi connectivity index (χ0n) is 20.1. The van der Waals surface area contributed by atoms with Gasteiger partial charge in [0.1, 0.15) is 0 Å². The van der Waals surface area contributed by atoms with Gasteiger partial charge in [-0.05, 0) is 31.6 Å². The van der Waals surface area contributed by atoms with Crippen LogP contribution in [0, 0.1) is 11.8 Å². The van der Waals surface area contributed by atoms with Crippen molar-refractivity contribution in [3.05, 3.63) is 24.3 Å². The van der Waals surface area contributed by atoms with Crippen molar-refractivity contribution in [2.45, 2.75) is 88.7 Å². The maximum Gasteiger partial charge on any atom is 0.303 e. The van der Waals surface area contributed by atoms with E-state index in [0.717, 1.165) is 25.7 Å². The Bertz CT molecular complexity index is 556. The Hall–Kier alpha value is -1.33. The van der Waals surface area contributed by atoms with Gasteiger partial charge < -0.3 is 35.4 Å². The van der Waals surface area contributed by atoms with Gasteiger partial charge in [0.25, 0.3) is 0 Å². The summed E-state index contributed by atoms with van der Waals surface area (Å²) in [6.07, 6.45) is 12.3. The second-order valence-corrected chi connectivity index (χ2v) is 8.64. The van der Waals surface area contributed by atoms with Gasteiger partial charge in [-0.2, -0.15) is 0 Å². The van der Waals surface area contributed by atoms with Crippen LogP contribution in [0.2, 0.25) is 0 Å². The number of carboxylic acid groups (broad SMARTS) is 1.